The smallest absolute Gasteiger partial charge is 0.185 e. The third-order valence-electron chi connectivity index (χ3n) is 4.16. The van der Waals surface area contributed by atoms with Crippen LogP contribution < -0.4 is 20.1 Å². The van der Waals surface area contributed by atoms with E-state index in [1.807, 2.05) is 48.6 Å². The van der Waals surface area contributed by atoms with Crippen molar-refractivity contribution >= 4 is 5.70 Å². The molecule has 0 aliphatic carbocycles. The van der Waals surface area contributed by atoms with Crippen LogP contribution in [0.5, 0.6) is 11.5 Å². The highest BCUT2D eigenvalue weighted by Crippen LogP contribution is 2.20. The summed E-state index contributed by atoms with van der Waals surface area (Å²) in [6.45, 7) is 5.90. The number of rotatable bonds is 10. The molecule has 27 heavy (non-hydrogen) atoms. The van der Waals surface area contributed by atoms with Crippen LogP contribution in [0, 0.1) is 6.08 Å². The molecule has 0 heterocycles. The van der Waals surface area contributed by atoms with Gasteiger partial charge in [0, 0.05) is 6.54 Å². The summed E-state index contributed by atoms with van der Waals surface area (Å²) in [6.07, 6.45) is 7.37. The van der Waals surface area contributed by atoms with Gasteiger partial charge in [-0.15, -0.1) is 0 Å². The van der Waals surface area contributed by atoms with E-state index in [2.05, 4.69) is 42.7 Å². The van der Waals surface area contributed by atoms with Crippen molar-refractivity contribution in [2.45, 2.75) is 19.9 Å². The SMILES string of the molecule is CCN/C(=C\[C+]=CC(NCC)c1ccc(OC)cc1)c1ccc(OC)cc1. The van der Waals surface area contributed by atoms with Crippen LogP contribution in [0.1, 0.15) is 31.0 Å². The maximum atomic E-state index is 5.24. The van der Waals surface area contributed by atoms with Gasteiger partial charge in [0.1, 0.15) is 11.5 Å². The molecular formula is C23H29N2O2+. The lowest BCUT2D eigenvalue weighted by molar-refractivity contribution is 0.414. The molecule has 1 unspecified atom stereocenters. The van der Waals surface area contributed by atoms with E-state index in [-0.39, 0.29) is 6.04 Å². The van der Waals surface area contributed by atoms with Crippen LogP contribution >= 0.6 is 0 Å². The van der Waals surface area contributed by atoms with Gasteiger partial charge in [-0.2, -0.15) is 0 Å². The summed E-state index contributed by atoms with van der Waals surface area (Å²) >= 11 is 0. The number of hydrogen-bond donors (Lipinski definition) is 2. The normalized spacial score (nSPS) is 12.5. The Hall–Kier alpha value is -2.81. The van der Waals surface area contributed by atoms with Crippen LogP contribution in [0.3, 0.4) is 0 Å². The predicted molar refractivity (Wildman–Crippen MR) is 112 cm³/mol. The number of allylic oxidation sites excluding steroid dienone is 2. The Morgan fingerprint density at radius 2 is 1.52 bits per heavy atom. The van der Waals surface area contributed by atoms with Crippen molar-refractivity contribution in [1.82, 2.24) is 10.6 Å². The predicted octanol–water partition coefficient (Wildman–Crippen LogP) is 4.36. The van der Waals surface area contributed by atoms with Crippen LogP contribution in [0.15, 0.2) is 60.7 Å². The summed E-state index contributed by atoms with van der Waals surface area (Å²) in [6, 6.07) is 16.2. The second-order valence-corrected chi connectivity index (χ2v) is 5.96. The molecule has 2 N–H and O–H groups in total. The van der Waals surface area contributed by atoms with Gasteiger partial charge in [0.05, 0.1) is 38.0 Å². The van der Waals surface area contributed by atoms with E-state index in [0.29, 0.717) is 0 Å². The molecule has 0 amide bonds. The molecular weight excluding hydrogens is 336 g/mol. The minimum Gasteiger partial charge on any atom is -0.497 e. The Morgan fingerprint density at radius 3 is 2.04 bits per heavy atom. The average molecular weight is 365 g/mol. The molecule has 0 saturated heterocycles. The van der Waals surface area contributed by atoms with Gasteiger partial charge in [-0.3, -0.25) is 0 Å². The van der Waals surface area contributed by atoms with Crippen LogP contribution in [-0.4, -0.2) is 27.3 Å². The van der Waals surface area contributed by atoms with Crippen LogP contribution in [-0.2, 0) is 0 Å². The molecule has 0 saturated carbocycles. The molecule has 1 atom stereocenters. The fourth-order valence-corrected chi connectivity index (χ4v) is 2.73. The molecule has 0 aliphatic heterocycles. The van der Waals surface area contributed by atoms with E-state index in [9.17, 15) is 0 Å². The van der Waals surface area contributed by atoms with Crippen LogP contribution in [0.2, 0.25) is 0 Å². The highest BCUT2D eigenvalue weighted by molar-refractivity contribution is 5.65. The highest BCUT2D eigenvalue weighted by Gasteiger charge is 2.11. The fraction of sp³-hybridized carbons (Fsp3) is 0.304. The minimum absolute atomic E-state index is 0.0934. The summed E-state index contributed by atoms with van der Waals surface area (Å²) in [7, 11) is 3.35. The number of methoxy groups -OCH3 is 2. The maximum absolute atomic E-state index is 5.24. The van der Waals surface area contributed by atoms with Crippen LogP contribution in [0.4, 0.5) is 0 Å². The van der Waals surface area contributed by atoms with E-state index in [1.165, 1.54) is 5.56 Å². The third-order valence-corrected chi connectivity index (χ3v) is 4.16. The molecule has 2 rings (SSSR count). The van der Waals surface area contributed by atoms with Crippen LogP contribution in [0.25, 0.3) is 5.70 Å². The first-order valence-corrected chi connectivity index (χ1v) is 9.27. The van der Waals surface area contributed by atoms with Crippen molar-refractivity contribution in [2.24, 2.45) is 0 Å². The molecule has 4 nitrogen and oxygen atoms in total. The lowest BCUT2D eigenvalue weighted by Gasteiger charge is -2.12. The first-order chi connectivity index (χ1) is 13.2. The molecule has 0 spiro atoms. The van der Waals surface area contributed by atoms with Crippen molar-refractivity contribution in [3.05, 3.63) is 77.9 Å². The largest absolute Gasteiger partial charge is 0.497 e. The summed E-state index contributed by atoms with van der Waals surface area (Å²) in [5, 5.41) is 6.87. The second-order valence-electron chi connectivity index (χ2n) is 5.96. The molecule has 142 valence electrons. The van der Waals surface area contributed by atoms with E-state index in [0.717, 1.165) is 35.8 Å². The number of benzene rings is 2. The van der Waals surface area contributed by atoms with Crippen molar-refractivity contribution < 1.29 is 9.47 Å². The summed E-state index contributed by atoms with van der Waals surface area (Å²) < 4.78 is 10.5. The van der Waals surface area contributed by atoms with E-state index < -0.39 is 0 Å². The molecule has 0 aliphatic rings. The Bertz CT molecular complexity index is 734. The molecule has 4 heteroatoms. The van der Waals surface area contributed by atoms with Gasteiger partial charge in [0.25, 0.3) is 0 Å². The fourth-order valence-electron chi connectivity index (χ4n) is 2.73. The Kier molecular flexibility index (Phi) is 8.37. The summed E-state index contributed by atoms with van der Waals surface area (Å²) in [4.78, 5) is 0. The first-order valence-electron chi connectivity index (χ1n) is 9.27. The topological polar surface area (TPSA) is 42.5 Å². The molecule has 0 fully saturated rings. The Morgan fingerprint density at radius 1 is 0.926 bits per heavy atom. The number of hydrogen-bond acceptors (Lipinski definition) is 4. The van der Waals surface area contributed by atoms with E-state index in [4.69, 9.17) is 9.47 Å². The zero-order valence-electron chi connectivity index (χ0n) is 16.6. The van der Waals surface area contributed by atoms with Gasteiger partial charge >= 0.3 is 0 Å². The van der Waals surface area contributed by atoms with Gasteiger partial charge in [-0.1, -0.05) is 19.1 Å². The zero-order valence-corrected chi connectivity index (χ0v) is 16.6. The van der Waals surface area contributed by atoms with Gasteiger partial charge in [0.2, 0.25) is 0 Å². The quantitative estimate of drug-likeness (QED) is 0.485. The molecule has 0 radical (unpaired) electrons. The molecule has 0 bridgehead atoms. The van der Waals surface area contributed by atoms with Crippen molar-refractivity contribution in [3.63, 3.8) is 0 Å². The number of nitrogens with one attached hydrogen (secondary N) is 2. The standard InChI is InChI=1S/C23H29N2O2/c1-5-24-22(18-10-14-20(26-3)15-11-18)8-7-9-23(25-6-2)19-12-16-21(27-4)17-13-19/h8-17,22,24-25H,5-6H2,1-4H3/q+1/b23-9-. The van der Waals surface area contributed by atoms with Gasteiger partial charge < -0.3 is 20.1 Å². The first kappa shape index (κ1) is 20.5. The number of ether oxygens (including phenoxy) is 2. The maximum Gasteiger partial charge on any atom is 0.185 e. The van der Waals surface area contributed by atoms with Crippen molar-refractivity contribution in [1.29, 1.82) is 0 Å². The molecule has 2 aromatic carbocycles. The van der Waals surface area contributed by atoms with E-state index in [1.54, 1.807) is 14.2 Å². The lowest BCUT2D eigenvalue weighted by Crippen LogP contribution is -2.18. The Labute approximate surface area is 162 Å². The second kappa shape index (κ2) is 11.0. The monoisotopic (exact) mass is 365 g/mol. The van der Waals surface area contributed by atoms with E-state index >= 15 is 0 Å². The average Bonchev–Trinajstić information content (AvgIpc) is 2.72. The van der Waals surface area contributed by atoms with Gasteiger partial charge in [-0.25, -0.2) is 0 Å². The summed E-state index contributed by atoms with van der Waals surface area (Å²) in [5.74, 6) is 1.71. The van der Waals surface area contributed by atoms with Crippen molar-refractivity contribution in [2.75, 3.05) is 27.3 Å². The highest BCUT2D eigenvalue weighted by atomic mass is 16.5. The number of likely N-dealkylation sites (N-methyl/N-ethyl adjacent to an activating group) is 1. The van der Waals surface area contributed by atoms with Gasteiger partial charge in [-0.05, 0) is 55.4 Å². The minimum atomic E-state index is 0.0934. The summed E-state index contributed by atoms with van der Waals surface area (Å²) in [5.41, 5.74) is 3.30. The third kappa shape index (κ3) is 6.14. The zero-order chi connectivity index (χ0) is 19.5. The van der Waals surface area contributed by atoms with Crippen molar-refractivity contribution in [3.8, 4) is 11.5 Å². The van der Waals surface area contributed by atoms with Gasteiger partial charge in [0.15, 0.2) is 11.8 Å². The Balaban J connectivity index is 2.19. The molecule has 0 aromatic heterocycles. The molecule has 2 aromatic rings. The lowest BCUT2D eigenvalue weighted by atomic mass is 10.1.